The Kier molecular flexibility index (Phi) is 9.20. The Morgan fingerprint density at radius 2 is 1.43 bits per heavy atom. The Labute approximate surface area is 145 Å². The van der Waals surface area contributed by atoms with Crippen LogP contribution in [-0.4, -0.2) is 0 Å². The summed E-state index contributed by atoms with van der Waals surface area (Å²) in [5, 5.41) is 2.67. The normalized spacial score (nSPS) is 19.0. The second-order valence-corrected chi connectivity index (χ2v) is 8.27. The SMILES string of the molecule is CC.CC(C)(C)CC1(C)C=CC=c2ccccc2=C1.CC(C)C. The van der Waals surface area contributed by atoms with E-state index in [4.69, 9.17) is 0 Å². The summed E-state index contributed by atoms with van der Waals surface area (Å²) in [4.78, 5) is 0. The van der Waals surface area contributed by atoms with E-state index in [0.717, 1.165) is 5.92 Å². The third-order valence-corrected chi connectivity index (χ3v) is 3.15. The van der Waals surface area contributed by atoms with Gasteiger partial charge in [0.2, 0.25) is 0 Å². The molecule has 1 aromatic carbocycles. The predicted molar refractivity (Wildman–Crippen MR) is 108 cm³/mol. The van der Waals surface area contributed by atoms with Gasteiger partial charge in [0.1, 0.15) is 0 Å². The number of rotatable bonds is 1. The van der Waals surface area contributed by atoms with Gasteiger partial charge in [0.25, 0.3) is 0 Å². The summed E-state index contributed by atoms with van der Waals surface area (Å²) in [5.41, 5.74) is 0.496. The van der Waals surface area contributed by atoms with Gasteiger partial charge in [-0.25, -0.2) is 0 Å². The minimum atomic E-state index is 0.154. The molecule has 1 aliphatic carbocycles. The van der Waals surface area contributed by atoms with E-state index in [2.05, 4.69) is 97.0 Å². The van der Waals surface area contributed by atoms with Gasteiger partial charge in [-0.05, 0) is 28.2 Å². The Balaban J connectivity index is 0.000000705. The highest BCUT2D eigenvalue weighted by atomic mass is 14.3. The fourth-order valence-corrected chi connectivity index (χ4v) is 2.82. The first-order chi connectivity index (χ1) is 10.6. The summed E-state index contributed by atoms with van der Waals surface area (Å²) in [7, 11) is 0. The van der Waals surface area contributed by atoms with Crippen LogP contribution in [0, 0.1) is 16.7 Å². The molecule has 0 heteroatoms. The van der Waals surface area contributed by atoms with Crippen molar-refractivity contribution >= 4 is 12.2 Å². The molecule has 0 aliphatic heterocycles. The van der Waals surface area contributed by atoms with Crippen LogP contribution in [0.1, 0.15) is 68.7 Å². The Bertz CT molecular complexity index is 578. The molecule has 0 saturated heterocycles. The molecular weight excluding hydrogens is 276 g/mol. The molecule has 0 fully saturated rings. The monoisotopic (exact) mass is 314 g/mol. The highest BCUT2D eigenvalue weighted by Gasteiger charge is 2.25. The second-order valence-electron chi connectivity index (χ2n) is 8.27. The highest BCUT2D eigenvalue weighted by molar-refractivity contribution is 5.48. The van der Waals surface area contributed by atoms with Crippen molar-refractivity contribution in [2.24, 2.45) is 16.7 Å². The molecule has 1 aliphatic rings. The van der Waals surface area contributed by atoms with Gasteiger partial charge in [-0.3, -0.25) is 0 Å². The van der Waals surface area contributed by atoms with Gasteiger partial charge in [0.15, 0.2) is 0 Å². The molecule has 23 heavy (non-hydrogen) atoms. The number of hydrogen-bond acceptors (Lipinski definition) is 0. The average molecular weight is 315 g/mol. The third-order valence-electron chi connectivity index (χ3n) is 3.15. The van der Waals surface area contributed by atoms with Gasteiger partial charge in [0.05, 0.1) is 0 Å². The van der Waals surface area contributed by atoms with Gasteiger partial charge < -0.3 is 0 Å². The number of benzene rings is 1. The van der Waals surface area contributed by atoms with Crippen LogP contribution in [0.5, 0.6) is 0 Å². The number of allylic oxidation sites excluding steroid dienone is 2. The van der Waals surface area contributed by atoms with Crippen molar-refractivity contribution in [2.75, 3.05) is 0 Å². The fourth-order valence-electron chi connectivity index (χ4n) is 2.82. The van der Waals surface area contributed by atoms with Gasteiger partial charge >= 0.3 is 0 Å². The summed E-state index contributed by atoms with van der Waals surface area (Å²) < 4.78 is 0. The highest BCUT2D eigenvalue weighted by Crippen LogP contribution is 2.36. The predicted octanol–water partition coefficient (Wildman–Crippen LogP) is 5.95. The zero-order chi connectivity index (χ0) is 18.1. The molecule has 0 heterocycles. The lowest BCUT2D eigenvalue weighted by Crippen LogP contribution is -2.27. The van der Waals surface area contributed by atoms with E-state index in [9.17, 15) is 0 Å². The first-order valence-corrected chi connectivity index (χ1v) is 9.09. The van der Waals surface area contributed by atoms with Crippen molar-refractivity contribution in [1.82, 2.24) is 0 Å². The molecular formula is C23H38. The number of hydrogen-bond donors (Lipinski definition) is 0. The van der Waals surface area contributed by atoms with Gasteiger partial charge in [-0.2, -0.15) is 0 Å². The number of fused-ring (bicyclic) bond motifs is 1. The van der Waals surface area contributed by atoms with Crippen LogP contribution in [0.3, 0.4) is 0 Å². The lowest BCUT2D eigenvalue weighted by molar-refractivity contribution is 0.299. The maximum Gasteiger partial charge on any atom is 0.00499 e. The van der Waals surface area contributed by atoms with Crippen LogP contribution < -0.4 is 10.4 Å². The molecule has 0 saturated carbocycles. The molecule has 0 N–H and O–H groups in total. The fraction of sp³-hybridized carbons (Fsp3) is 0.565. The summed E-state index contributed by atoms with van der Waals surface area (Å²) in [5.74, 6) is 0.833. The van der Waals surface area contributed by atoms with Crippen LogP contribution in [0.15, 0.2) is 36.4 Å². The van der Waals surface area contributed by atoms with E-state index in [1.54, 1.807) is 0 Å². The van der Waals surface area contributed by atoms with Crippen molar-refractivity contribution in [3.8, 4) is 0 Å². The van der Waals surface area contributed by atoms with E-state index in [0.29, 0.717) is 5.41 Å². The molecule has 1 atom stereocenters. The quantitative estimate of drug-likeness (QED) is 0.601. The van der Waals surface area contributed by atoms with Crippen molar-refractivity contribution in [2.45, 2.75) is 68.7 Å². The standard InChI is InChI=1S/C17H22.C4H10.C2H6/c1-16(2,3)13-17(4)11-7-10-14-8-5-6-9-15(14)12-17;1-4(2)3;1-2/h5-12H,13H2,1-4H3;4H,1-3H3;1-2H3. The van der Waals surface area contributed by atoms with Crippen molar-refractivity contribution < 1.29 is 0 Å². The van der Waals surface area contributed by atoms with E-state index >= 15 is 0 Å². The lowest BCUT2D eigenvalue weighted by atomic mass is 9.74. The Morgan fingerprint density at radius 1 is 0.957 bits per heavy atom. The Hall–Kier alpha value is -1.30. The van der Waals surface area contributed by atoms with Crippen molar-refractivity contribution in [1.29, 1.82) is 0 Å². The van der Waals surface area contributed by atoms with Crippen LogP contribution in [0.4, 0.5) is 0 Å². The molecule has 0 nitrogen and oxygen atoms in total. The first-order valence-electron chi connectivity index (χ1n) is 9.09. The third kappa shape index (κ3) is 9.43. The zero-order valence-corrected chi connectivity index (χ0v) is 16.9. The molecule has 130 valence electrons. The molecule has 0 bridgehead atoms. The molecule has 0 radical (unpaired) electrons. The van der Waals surface area contributed by atoms with Crippen molar-refractivity contribution in [3.63, 3.8) is 0 Å². The van der Waals surface area contributed by atoms with Crippen LogP contribution in [0.25, 0.3) is 12.2 Å². The van der Waals surface area contributed by atoms with E-state index in [1.807, 2.05) is 13.8 Å². The zero-order valence-electron chi connectivity index (χ0n) is 16.9. The van der Waals surface area contributed by atoms with Gasteiger partial charge in [-0.1, -0.05) is 111 Å². The largest absolute Gasteiger partial charge is 0.0747 e. The summed E-state index contributed by atoms with van der Waals surface area (Å²) in [6.07, 6.45) is 10.3. The molecule has 0 spiro atoms. The van der Waals surface area contributed by atoms with Crippen LogP contribution in [0.2, 0.25) is 0 Å². The van der Waals surface area contributed by atoms with Crippen LogP contribution in [-0.2, 0) is 0 Å². The maximum atomic E-state index is 2.41. The molecule has 0 aromatic heterocycles. The first kappa shape index (κ1) is 21.7. The average Bonchev–Trinajstić information content (AvgIpc) is 2.56. The molecule has 2 rings (SSSR count). The van der Waals surface area contributed by atoms with Crippen molar-refractivity contribution in [3.05, 3.63) is 46.9 Å². The van der Waals surface area contributed by atoms with E-state index < -0.39 is 0 Å². The topological polar surface area (TPSA) is 0 Å². The summed E-state index contributed by atoms with van der Waals surface area (Å²) in [6, 6.07) is 8.61. The van der Waals surface area contributed by atoms with Crippen LogP contribution >= 0.6 is 0 Å². The molecule has 1 aromatic rings. The van der Waals surface area contributed by atoms with E-state index in [1.165, 1.54) is 16.9 Å². The Morgan fingerprint density at radius 3 is 1.91 bits per heavy atom. The minimum absolute atomic E-state index is 0.154. The van der Waals surface area contributed by atoms with E-state index in [-0.39, 0.29) is 5.41 Å². The lowest BCUT2D eigenvalue weighted by Gasteiger charge is -2.30. The van der Waals surface area contributed by atoms with Gasteiger partial charge in [-0.15, -0.1) is 0 Å². The smallest absolute Gasteiger partial charge is 0.00499 e. The van der Waals surface area contributed by atoms with Gasteiger partial charge in [0, 0.05) is 5.41 Å². The summed E-state index contributed by atoms with van der Waals surface area (Å²) >= 11 is 0. The maximum absolute atomic E-state index is 2.41. The molecule has 0 amide bonds. The summed E-state index contributed by atoms with van der Waals surface area (Å²) in [6.45, 7) is 19.7. The molecule has 1 unspecified atom stereocenters. The minimum Gasteiger partial charge on any atom is -0.0747 e. The second kappa shape index (κ2) is 9.75.